The predicted molar refractivity (Wildman–Crippen MR) is 55.1 cm³/mol. The highest BCUT2D eigenvalue weighted by atomic mass is 16.5. The van der Waals surface area contributed by atoms with Crippen molar-refractivity contribution in [1.82, 2.24) is 4.98 Å². The summed E-state index contributed by atoms with van der Waals surface area (Å²) in [6.45, 7) is 0.695. The van der Waals surface area contributed by atoms with Crippen LogP contribution in [0.1, 0.15) is 25.7 Å². The van der Waals surface area contributed by atoms with Gasteiger partial charge in [-0.05, 0) is 44.4 Å². The number of nitrogens with zero attached hydrogens (tertiary/aromatic N) is 1. The largest absolute Gasteiger partial charge is 0.486 e. The van der Waals surface area contributed by atoms with Crippen LogP contribution in [0.3, 0.4) is 0 Å². The number of hydrogen-bond acceptors (Lipinski definition) is 3. The molecule has 1 aliphatic rings. The van der Waals surface area contributed by atoms with Crippen molar-refractivity contribution >= 4 is 0 Å². The van der Waals surface area contributed by atoms with E-state index in [1.54, 1.807) is 12.4 Å². The van der Waals surface area contributed by atoms with Gasteiger partial charge in [-0.2, -0.15) is 0 Å². The molecule has 14 heavy (non-hydrogen) atoms. The van der Waals surface area contributed by atoms with Crippen molar-refractivity contribution in [3.63, 3.8) is 0 Å². The minimum Gasteiger partial charge on any atom is -0.486 e. The number of ether oxygens (including phenoxy) is 1. The lowest BCUT2D eigenvalue weighted by atomic mass is 9.77. The molecule has 0 unspecified atom stereocenters. The molecule has 76 valence electrons. The maximum Gasteiger partial charge on any atom is 0.138 e. The first kappa shape index (κ1) is 9.46. The van der Waals surface area contributed by atoms with Crippen molar-refractivity contribution in [3.8, 4) is 5.75 Å². The van der Waals surface area contributed by atoms with Gasteiger partial charge < -0.3 is 10.5 Å². The zero-order chi connectivity index (χ0) is 9.86. The Morgan fingerprint density at radius 3 is 2.86 bits per heavy atom. The van der Waals surface area contributed by atoms with Gasteiger partial charge in [0.2, 0.25) is 0 Å². The van der Waals surface area contributed by atoms with E-state index in [1.165, 1.54) is 6.42 Å². The van der Waals surface area contributed by atoms with Crippen LogP contribution in [-0.4, -0.2) is 17.1 Å². The fourth-order valence-electron chi connectivity index (χ4n) is 1.89. The predicted octanol–water partition coefficient (Wildman–Crippen LogP) is 1.73. The molecule has 0 amide bonds. The molecule has 1 heterocycles. The third-order valence-corrected chi connectivity index (χ3v) is 2.83. The summed E-state index contributed by atoms with van der Waals surface area (Å²) in [7, 11) is 0. The summed E-state index contributed by atoms with van der Waals surface area (Å²) in [6.07, 6.45) is 7.96. The second-order valence-corrected chi connectivity index (χ2v) is 3.87. The van der Waals surface area contributed by atoms with E-state index in [-0.39, 0.29) is 5.60 Å². The van der Waals surface area contributed by atoms with Crippen LogP contribution in [0.15, 0.2) is 24.5 Å². The minimum absolute atomic E-state index is 0.0117. The Labute approximate surface area is 84.3 Å². The van der Waals surface area contributed by atoms with Gasteiger partial charge in [-0.15, -0.1) is 0 Å². The van der Waals surface area contributed by atoms with Crippen LogP contribution in [-0.2, 0) is 0 Å². The van der Waals surface area contributed by atoms with Gasteiger partial charge in [-0.25, -0.2) is 0 Å². The molecular weight excluding hydrogens is 176 g/mol. The number of nitrogens with two attached hydrogens (primary N) is 1. The third-order valence-electron chi connectivity index (χ3n) is 2.83. The smallest absolute Gasteiger partial charge is 0.138 e. The van der Waals surface area contributed by atoms with Gasteiger partial charge in [0.15, 0.2) is 0 Å². The number of pyridine rings is 1. The molecule has 3 nitrogen and oxygen atoms in total. The summed E-state index contributed by atoms with van der Waals surface area (Å²) in [5.41, 5.74) is 5.59. The van der Waals surface area contributed by atoms with Crippen LogP contribution < -0.4 is 10.5 Å². The van der Waals surface area contributed by atoms with Crippen molar-refractivity contribution in [2.45, 2.75) is 31.3 Å². The molecule has 1 aromatic heterocycles. The van der Waals surface area contributed by atoms with Crippen LogP contribution >= 0.6 is 0 Å². The van der Waals surface area contributed by atoms with Crippen LogP contribution in [0.4, 0.5) is 0 Å². The van der Waals surface area contributed by atoms with Crippen LogP contribution in [0.2, 0.25) is 0 Å². The molecule has 0 aromatic carbocycles. The number of aromatic nitrogens is 1. The van der Waals surface area contributed by atoms with E-state index in [0.717, 1.165) is 25.0 Å². The van der Waals surface area contributed by atoms with Gasteiger partial charge in [-0.1, -0.05) is 0 Å². The highest BCUT2D eigenvalue weighted by molar-refractivity contribution is 5.17. The molecule has 2 N–H and O–H groups in total. The van der Waals surface area contributed by atoms with Gasteiger partial charge in [0.05, 0.1) is 6.20 Å². The zero-order valence-corrected chi connectivity index (χ0v) is 8.28. The molecule has 0 radical (unpaired) electrons. The molecule has 0 aliphatic heterocycles. The normalized spacial score (nSPS) is 18.6. The van der Waals surface area contributed by atoms with Crippen molar-refractivity contribution < 1.29 is 4.74 Å². The van der Waals surface area contributed by atoms with E-state index < -0.39 is 0 Å². The molecule has 3 heteroatoms. The lowest BCUT2D eigenvalue weighted by Crippen LogP contribution is -2.44. The number of rotatable bonds is 4. The second kappa shape index (κ2) is 3.96. The molecule has 0 spiro atoms. The molecule has 2 rings (SSSR count). The van der Waals surface area contributed by atoms with E-state index in [4.69, 9.17) is 10.5 Å². The Morgan fingerprint density at radius 1 is 1.50 bits per heavy atom. The SMILES string of the molecule is NCCC1(Oc2cccnc2)CCC1. The highest BCUT2D eigenvalue weighted by Gasteiger charge is 2.38. The second-order valence-electron chi connectivity index (χ2n) is 3.87. The first-order chi connectivity index (χ1) is 6.85. The fraction of sp³-hybridized carbons (Fsp3) is 0.545. The Bertz CT molecular complexity index is 283. The van der Waals surface area contributed by atoms with Crippen molar-refractivity contribution in [2.75, 3.05) is 6.54 Å². The van der Waals surface area contributed by atoms with Gasteiger partial charge in [0.25, 0.3) is 0 Å². The van der Waals surface area contributed by atoms with E-state index in [9.17, 15) is 0 Å². The van der Waals surface area contributed by atoms with Crippen molar-refractivity contribution in [2.24, 2.45) is 5.73 Å². The summed E-state index contributed by atoms with van der Waals surface area (Å²) in [5, 5.41) is 0. The quantitative estimate of drug-likeness (QED) is 0.790. The van der Waals surface area contributed by atoms with Crippen molar-refractivity contribution in [3.05, 3.63) is 24.5 Å². The zero-order valence-electron chi connectivity index (χ0n) is 8.28. The first-order valence-electron chi connectivity index (χ1n) is 5.14. The Balaban J connectivity index is 2.01. The third kappa shape index (κ3) is 1.87. The maximum absolute atomic E-state index is 5.94. The topological polar surface area (TPSA) is 48.1 Å². The van der Waals surface area contributed by atoms with Gasteiger partial charge in [0, 0.05) is 6.20 Å². The summed E-state index contributed by atoms with van der Waals surface area (Å²) < 4.78 is 5.94. The van der Waals surface area contributed by atoms with Crippen LogP contribution in [0, 0.1) is 0 Å². The molecule has 1 aromatic rings. The molecule has 0 bridgehead atoms. The van der Waals surface area contributed by atoms with Gasteiger partial charge in [0.1, 0.15) is 11.4 Å². The van der Waals surface area contributed by atoms with Gasteiger partial charge >= 0.3 is 0 Å². The average molecular weight is 192 g/mol. The van der Waals surface area contributed by atoms with E-state index in [1.807, 2.05) is 12.1 Å². The highest BCUT2D eigenvalue weighted by Crippen LogP contribution is 2.38. The maximum atomic E-state index is 5.94. The lowest BCUT2D eigenvalue weighted by molar-refractivity contribution is -0.0127. The van der Waals surface area contributed by atoms with Crippen molar-refractivity contribution in [1.29, 1.82) is 0 Å². The molecule has 0 saturated heterocycles. The Hall–Kier alpha value is -1.09. The van der Waals surface area contributed by atoms with Gasteiger partial charge in [-0.3, -0.25) is 4.98 Å². The first-order valence-corrected chi connectivity index (χ1v) is 5.14. The van der Waals surface area contributed by atoms with Crippen LogP contribution in [0.25, 0.3) is 0 Å². The Morgan fingerprint density at radius 2 is 2.36 bits per heavy atom. The van der Waals surface area contributed by atoms with Crippen LogP contribution in [0.5, 0.6) is 5.75 Å². The molecule has 1 aliphatic carbocycles. The lowest BCUT2D eigenvalue weighted by Gasteiger charge is -2.41. The fourth-order valence-corrected chi connectivity index (χ4v) is 1.89. The standard InChI is InChI=1S/C11H16N2O/c12-7-6-11(4-2-5-11)14-10-3-1-8-13-9-10/h1,3,8-9H,2,4-7,12H2. The molecule has 1 fully saturated rings. The monoisotopic (exact) mass is 192 g/mol. The summed E-state index contributed by atoms with van der Waals surface area (Å²) in [4.78, 5) is 4.03. The summed E-state index contributed by atoms with van der Waals surface area (Å²) in [5.74, 6) is 0.862. The molecule has 0 atom stereocenters. The average Bonchev–Trinajstić information content (AvgIpc) is 2.16. The molecule has 1 saturated carbocycles. The van der Waals surface area contributed by atoms with E-state index >= 15 is 0 Å². The Kier molecular flexibility index (Phi) is 2.68. The van der Waals surface area contributed by atoms with E-state index in [0.29, 0.717) is 6.54 Å². The van der Waals surface area contributed by atoms with E-state index in [2.05, 4.69) is 4.98 Å². The summed E-state index contributed by atoms with van der Waals surface area (Å²) >= 11 is 0. The minimum atomic E-state index is 0.0117. The number of hydrogen-bond donors (Lipinski definition) is 1. The molecular formula is C11H16N2O. The summed E-state index contributed by atoms with van der Waals surface area (Å²) in [6, 6.07) is 3.84.